The van der Waals surface area contributed by atoms with E-state index >= 15 is 0 Å². The van der Waals surface area contributed by atoms with Crippen molar-refractivity contribution in [2.75, 3.05) is 13.2 Å². The SMILES string of the molecule is CC(CO)CNC(=O)C1CCc2[nH]nc(C(F)(F)F)c2C1. The molecule has 3 N–H and O–H groups in total. The van der Waals surface area contributed by atoms with Gasteiger partial charge in [0.1, 0.15) is 0 Å². The summed E-state index contributed by atoms with van der Waals surface area (Å²) in [4.78, 5) is 12.0. The highest BCUT2D eigenvalue weighted by Gasteiger charge is 2.40. The number of aliphatic hydroxyl groups is 1. The number of hydrogen-bond acceptors (Lipinski definition) is 3. The average Bonchev–Trinajstić information content (AvgIpc) is 2.87. The number of aliphatic hydroxyl groups excluding tert-OH is 1. The number of aromatic nitrogens is 2. The van der Waals surface area contributed by atoms with Gasteiger partial charge in [0.25, 0.3) is 0 Å². The Balaban J connectivity index is 2.05. The van der Waals surface area contributed by atoms with Crippen LogP contribution in [-0.2, 0) is 23.8 Å². The second-order valence-corrected chi connectivity index (χ2v) is 5.50. The maximum atomic E-state index is 12.8. The maximum Gasteiger partial charge on any atom is 0.435 e. The van der Waals surface area contributed by atoms with Crippen LogP contribution in [0.1, 0.15) is 30.3 Å². The van der Waals surface area contributed by atoms with Crippen molar-refractivity contribution in [3.8, 4) is 0 Å². The van der Waals surface area contributed by atoms with Gasteiger partial charge < -0.3 is 10.4 Å². The van der Waals surface area contributed by atoms with Gasteiger partial charge in [0.15, 0.2) is 5.69 Å². The van der Waals surface area contributed by atoms with E-state index in [1.807, 2.05) is 0 Å². The molecule has 1 aromatic rings. The van der Waals surface area contributed by atoms with Gasteiger partial charge in [0.05, 0.1) is 0 Å². The molecule has 2 unspecified atom stereocenters. The third-order valence-electron chi connectivity index (χ3n) is 3.72. The van der Waals surface area contributed by atoms with E-state index in [4.69, 9.17) is 5.11 Å². The largest absolute Gasteiger partial charge is 0.435 e. The van der Waals surface area contributed by atoms with E-state index in [9.17, 15) is 18.0 Å². The zero-order chi connectivity index (χ0) is 15.6. The second-order valence-electron chi connectivity index (χ2n) is 5.50. The van der Waals surface area contributed by atoms with Crippen LogP contribution in [-0.4, -0.2) is 34.4 Å². The van der Waals surface area contributed by atoms with Crippen LogP contribution in [0.2, 0.25) is 0 Å². The highest BCUT2D eigenvalue weighted by Crippen LogP contribution is 2.36. The first-order chi connectivity index (χ1) is 9.82. The van der Waals surface area contributed by atoms with E-state index in [2.05, 4.69) is 15.5 Å². The van der Waals surface area contributed by atoms with Crippen LogP contribution < -0.4 is 5.32 Å². The van der Waals surface area contributed by atoms with Crippen molar-refractivity contribution in [2.24, 2.45) is 11.8 Å². The van der Waals surface area contributed by atoms with Crippen LogP contribution in [0.15, 0.2) is 0 Å². The Morgan fingerprint density at radius 2 is 2.29 bits per heavy atom. The molecule has 0 aromatic carbocycles. The van der Waals surface area contributed by atoms with Gasteiger partial charge in [-0.2, -0.15) is 18.3 Å². The van der Waals surface area contributed by atoms with Crippen molar-refractivity contribution in [1.82, 2.24) is 15.5 Å². The van der Waals surface area contributed by atoms with Gasteiger partial charge in [-0.25, -0.2) is 0 Å². The number of carbonyl (C=O) groups excluding carboxylic acids is 1. The number of nitrogens with one attached hydrogen (secondary N) is 2. The fourth-order valence-corrected chi connectivity index (χ4v) is 2.44. The van der Waals surface area contributed by atoms with Gasteiger partial charge in [-0.3, -0.25) is 9.89 Å². The Hall–Kier alpha value is -1.57. The lowest BCUT2D eigenvalue weighted by Crippen LogP contribution is -2.37. The molecule has 2 rings (SSSR count). The van der Waals surface area contributed by atoms with Crippen molar-refractivity contribution in [3.63, 3.8) is 0 Å². The molecule has 118 valence electrons. The molecule has 8 heteroatoms. The molecule has 1 heterocycles. The number of fused-ring (bicyclic) bond motifs is 1. The summed E-state index contributed by atoms with van der Waals surface area (Å²) in [5, 5.41) is 17.3. The van der Waals surface area contributed by atoms with Crippen LogP contribution >= 0.6 is 0 Å². The number of aryl methyl sites for hydroxylation is 1. The molecular weight excluding hydrogens is 287 g/mol. The summed E-state index contributed by atoms with van der Waals surface area (Å²) in [5.41, 5.74) is -0.349. The van der Waals surface area contributed by atoms with Crippen molar-refractivity contribution in [3.05, 3.63) is 17.0 Å². The van der Waals surface area contributed by atoms with Crippen molar-refractivity contribution >= 4 is 5.91 Å². The molecule has 0 bridgehead atoms. The van der Waals surface area contributed by atoms with Gasteiger partial charge in [0.2, 0.25) is 5.91 Å². The third-order valence-corrected chi connectivity index (χ3v) is 3.72. The minimum Gasteiger partial charge on any atom is -0.396 e. The zero-order valence-corrected chi connectivity index (χ0v) is 11.6. The monoisotopic (exact) mass is 305 g/mol. The minimum atomic E-state index is -4.51. The lowest BCUT2D eigenvalue weighted by molar-refractivity contribution is -0.142. The lowest BCUT2D eigenvalue weighted by atomic mass is 9.85. The molecule has 0 spiro atoms. The van der Waals surface area contributed by atoms with Gasteiger partial charge in [0, 0.05) is 30.3 Å². The molecule has 1 aliphatic carbocycles. The topological polar surface area (TPSA) is 78.0 Å². The molecule has 1 aromatic heterocycles. The quantitative estimate of drug-likeness (QED) is 0.784. The number of halogens is 3. The van der Waals surface area contributed by atoms with Crippen LogP contribution in [0.4, 0.5) is 13.2 Å². The first-order valence-corrected chi connectivity index (χ1v) is 6.84. The smallest absolute Gasteiger partial charge is 0.396 e. The summed E-state index contributed by atoms with van der Waals surface area (Å²) >= 11 is 0. The van der Waals surface area contributed by atoms with E-state index in [1.165, 1.54) is 0 Å². The first-order valence-electron chi connectivity index (χ1n) is 6.84. The summed E-state index contributed by atoms with van der Waals surface area (Å²) in [5.74, 6) is -0.829. The maximum absolute atomic E-state index is 12.8. The molecule has 0 radical (unpaired) electrons. The highest BCUT2D eigenvalue weighted by molar-refractivity contribution is 5.79. The van der Waals surface area contributed by atoms with Gasteiger partial charge in [-0.05, 0) is 25.2 Å². The molecule has 5 nitrogen and oxygen atoms in total. The normalized spacial score (nSPS) is 20.0. The number of hydrogen-bond donors (Lipinski definition) is 3. The number of rotatable bonds is 4. The summed E-state index contributed by atoms with van der Waals surface area (Å²) in [6, 6.07) is 0. The van der Waals surface area contributed by atoms with Crippen molar-refractivity contribution < 1.29 is 23.1 Å². The average molecular weight is 305 g/mol. The Morgan fingerprint density at radius 3 is 2.90 bits per heavy atom. The molecule has 0 fully saturated rings. The molecule has 2 atom stereocenters. The molecule has 0 aliphatic heterocycles. The summed E-state index contributed by atoms with van der Waals surface area (Å²) in [7, 11) is 0. The van der Waals surface area contributed by atoms with E-state index in [0.717, 1.165) is 0 Å². The molecular formula is C13H18F3N3O2. The molecule has 1 aliphatic rings. The molecule has 21 heavy (non-hydrogen) atoms. The van der Waals surface area contributed by atoms with Gasteiger partial charge in [-0.15, -0.1) is 0 Å². The predicted molar refractivity (Wildman–Crippen MR) is 68.4 cm³/mol. The summed E-state index contributed by atoms with van der Waals surface area (Å²) in [6.07, 6.45) is -3.59. The number of carbonyl (C=O) groups is 1. The van der Waals surface area contributed by atoms with Crippen LogP contribution in [0, 0.1) is 11.8 Å². The number of alkyl halides is 3. The second kappa shape index (κ2) is 6.05. The number of H-pyrrole nitrogens is 1. The van der Waals surface area contributed by atoms with E-state index in [-0.39, 0.29) is 30.4 Å². The summed E-state index contributed by atoms with van der Waals surface area (Å²) < 4.78 is 38.5. The minimum absolute atomic E-state index is 0.0417. The van der Waals surface area contributed by atoms with Crippen molar-refractivity contribution in [2.45, 2.75) is 32.4 Å². The Bertz CT molecular complexity index is 513. The lowest BCUT2D eigenvalue weighted by Gasteiger charge is -2.22. The van der Waals surface area contributed by atoms with Crippen LogP contribution in [0.5, 0.6) is 0 Å². The standard InChI is InChI=1S/C13H18F3N3O2/c1-7(6-20)5-17-12(21)8-2-3-10-9(4-8)11(19-18-10)13(14,15)16/h7-8,20H,2-6H2,1H3,(H,17,21)(H,18,19). The molecule has 0 saturated carbocycles. The van der Waals surface area contributed by atoms with Crippen molar-refractivity contribution in [1.29, 1.82) is 0 Å². The number of nitrogens with zero attached hydrogens (tertiary/aromatic N) is 1. The first kappa shape index (κ1) is 15.8. The zero-order valence-electron chi connectivity index (χ0n) is 11.6. The third kappa shape index (κ3) is 3.55. The highest BCUT2D eigenvalue weighted by atomic mass is 19.4. The van der Waals surface area contributed by atoms with Gasteiger partial charge in [-0.1, -0.05) is 6.92 Å². The van der Waals surface area contributed by atoms with E-state index < -0.39 is 17.8 Å². The number of aromatic amines is 1. The van der Waals surface area contributed by atoms with E-state index in [1.54, 1.807) is 6.92 Å². The summed E-state index contributed by atoms with van der Waals surface area (Å²) in [6.45, 7) is 2.04. The molecule has 1 amide bonds. The van der Waals surface area contributed by atoms with Gasteiger partial charge >= 0.3 is 6.18 Å². The van der Waals surface area contributed by atoms with E-state index in [0.29, 0.717) is 25.1 Å². The van der Waals surface area contributed by atoms with Crippen LogP contribution in [0.3, 0.4) is 0 Å². The predicted octanol–water partition coefficient (Wildman–Crippen LogP) is 1.28. The Kier molecular flexibility index (Phi) is 4.55. The number of amides is 1. The Morgan fingerprint density at radius 1 is 1.57 bits per heavy atom. The Labute approximate surface area is 119 Å². The molecule has 0 saturated heterocycles. The fraction of sp³-hybridized carbons (Fsp3) is 0.692. The fourth-order valence-electron chi connectivity index (χ4n) is 2.44. The van der Waals surface area contributed by atoms with Crippen LogP contribution in [0.25, 0.3) is 0 Å².